The van der Waals surface area contributed by atoms with Crippen LogP contribution in [0.4, 0.5) is 0 Å². The summed E-state index contributed by atoms with van der Waals surface area (Å²) in [5, 5.41) is 0. The third-order valence-electron chi connectivity index (χ3n) is 6.13. The lowest BCUT2D eigenvalue weighted by molar-refractivity contribution is 0.586. The number of hydrogen-bond donors (Lipinski definition) is 1. The van der Waals surface area contributed by atoms with Crippen LogP contribution in [0.3, 0.4) is 0 Å². The smallest absolute Gasteiger partial charge is 0.125 e. The second kappa shape index (κ2) is 10.2. The summed E-state index contributed by atoms with van der Waals surface area (Å²) < 4.78 is 17.0. The highest BCUT2D eigenvalue weighted by molar-refractivity contribution is 8.18. The van der Waals surface area contributed by atoms with Crippen molar-refractivity contribution in [2.24, 2.45) is 0 Å². The molecule has 1 aliphatic rings. The molecule has 1 N–H and O–H groups in total. The van der Waals surface area contributed by atoms with E-state index in [1.165, 1.54) is 39.8 Å². The van der Waals surface area contributed by atoms with E-state index < -0.39 is 11.0 Å². The molecule has 1 saturated heterocycles. The van der Waals surface area contributed by atoms with E-state index in [4.69, 9.17) is 0 Å². The van der Waals surface area contributed by atoms with Crippen molar-refractivity contribution in [3.63, 3.8) is 0 Å². The lowest BCUT2D eigenvalue weighted by atomic mass is 9.92. The molecule has 4 rings (SSSR count). The quantitative estimate of drug-likeness (QED) is 0.411. The van der Waals surface area contributed by atoms with Crippen LogP contribution >= 0.6 is 23.5 Å². The monoisotopic (exact) mass is 481 g/mol. The fourth-order valence-corrected chi connectivity index (χ4v) is 8.89. The van der Waals surface area contributed by atoms with Crippen molar-refractivity contribution < 1.29 is 4.21 Å². The van der Waals surface area contributed by atoms with Crippen LogP contribution in [0.2, 0.25) is 0 Å². The van der Waals surface area contributed by atoms with Gasteiger partial charge in [-0.05, 0) is 85.6 Å². The molecule has 0 aromatic heterocycles. The van der Waals surface area contributed by atoms with E-state index in [9.17, 15) is 4.21 Å². The summed E-state index contributed by atoms with van der Waals surface area (Å²) in [6.07, 6.45) is 1.20. The summed E-state index contributed by atoms with van der Waals surface area (Å²) in [5.41, 5.74) is 7.50. The first kappa shape index (κ1) is 23.6. The van der Waals surface area contributed by atoms with Gasteiger partial charge >= 0.3 is 0 Å². The molecule has 0 unspecified atom stereocenters. The van der Waals surface area contributed by atoms with Gasteiger partial charge in [0.25, 0.3) is 0 Å². The van der Waals surface area contributed by atoms with Crippen molar-refractivity contribution in [3.8, 4) is 0 Å². The number of benzene rings is 3. The van der Waals surface area contributed by atoms with Gasteiger partial charge in [0.2, 0.25) is 0 Å². The van der Waals surface area contributed by atoms with E-state index in [1.54, 1.807) is 0 Å². The third kappa shape index (κ3) is 4.86. The van der Waals surface area contributed by atoms with Gasteiger partial charge in [0.05, 0.1) is 10.9 Å². The molecule has 1 heterocycles. The van der Waals surface area contributed by atoms with Gasteiger partial charge < -0.3 is 0 Å². The van der Waals surface area contributed by atoms with Crippen molar-refractivity contribution in [1.82, 2.24) is 4.72 Å². The largest absolute Gasteiger partial charge is 0.237 e. The molecule has 32 heavy (non-hydrogen) atoms. The lowest BCUT2D eigenvalue weighted by Gasteiger charge is -2.43. The van der Waals surface area contributed by atoms with Crippen LogP contribution in [0, 0.1) is 27.7 Å². The van der Waals surface area contributed by atoms with Gasteiger partial charge in [-0.1, -0.05) is 60.2 Å². The molecule has 0 bridgehead atoms. The second-order valence-electron chi connectivity index (χ2n) is 8.51. The zero-order chi connectivity index (χ0) is 22.7. The fraction of sp³-hybridized carbons (Fsp3) is 0.333. The number of thioether (sulfide) groups is 2. The highest BCUT2D eigenvalue weighted by Crippen LogP contribution is 2.58. The van der Waals surface area contributed by atoms with Crippen LogP contribution in [0.15, 0.2) is 71.6 Å². The standard InChI is InChI=1S/C27H31NOS3/c1-19-11-13-24(14-12-19)32(29)28-26(25-18-21(3)20(2)17-22(25)4)27(30-15-8-16-31-27)23-9-6-5-7-10-23/h5-7,9-14,17-18,26,28H,8,15-16H2,1-4H3/t26-,32-/m0/s1. The van der Waals surface area contributed by atoms with Crippen molar-refractivity contribution in [1.29, 1.82) is 0 Å². The highest BCUT2D eigenvalue weighted by Gasteiger charge is 2.45. The molecular formula is C27H31NOS3. The molecular weight excluding hydrogens is 451 g/mol. The van der Waals surface area contributed by atoms with Gasteiger partial charge in [-0.25, -0.2) is 8.93 Å². The van der Waals surface area contributed by atoms with Crippen LogP contribution in [-0.2, 0) is 15.1 Å². The minimum Gasteiger partial charge on any atom is -0.237 e. The van der Waals surface area contributed by atoms with E-state index in [-0.39, 0.29) is 10.1 Å². The van der Waals surface area contributed by atoms with E-state index in [2.05, 4.69) is 74.9 Å². The maximum absolute atomic E-state index is 13.6. The normalized spacial score (nSPS) is 17.6. The second-order valence-corrected chi connectivity index (χ2v) is 12.7. The van der Waals surface area contributed by atoms with Crippen molar-refractivity contribution in [3.05, 3.63) is 100 Å². The van der Waals surface area contributed by atoms with Crippen molar-refractivity contribution >= 4 is 34.5 Å². The molecule has 0 radical (unpaired) electrons. The fourth-order valence-electron chi connectivity index (χ4n) is 4.20. The Kier molecular flexibility index (Phi) is 7.51. The molecule has 168 valence electrons. The van der Waals surface area contributed by atoms with Gasteiger partial charge in [0.1, 0.15) is 15.1 Å². The molecule has 1 aliphatic heterocycles. The Bertz CT molecular complexity index is 1090. The van der Waals surface area contributed by atoms with Crippen LogP contribution < -0.4 is 4.72 Å². The molecule has 1 fully saturated rings. The number of hydrogen-bond acceptors (Lipinski definition) is 3. The number of rotatable bonds is 6. The molecule has 0 saturated carbocycles. The summed E-state index contributed by atoms with van der Waals surface area (Å²) in [6, 6.07) is 23.2. The highest BCUT2D eigenvalue weighted by atomic mass is 32.2. The molecule has 2 atom stereocenters. The van der Waals surface area contributed by atoms with Crippen molar-refractivity contribution in [2.75, 3.05) is 11.5 Å². The van der Waals surface area contributed by atoms with E-state index >= 15 is 0 Å². The Morgan fingerprint density at radius 2 is 1.47 bits per heavy atom. The zero-order valence-corrected chi connectivity index (χ0v) is 21.6. The summed E-state index contributed by atoms with van der Waals surface area (Å²) in [6.45, 7) is 8.57. The molecule has 0 spiro atoms. The Balaban J connectivity index is 1.85. The Hall–Kier alpha value is -1.53. The Labute approximate surface area is 203 Å². The molecule has 5 heteroatoms. The minimum atomic E-state index is -1.32. The van der Waals surface area contributed by atoms with Crippen molar-refractivity contribution in [2.45, 2.75) is 49.1 Å². The molecule has 3 aromatic rings. The van der Waals surface area contributed by atoms with Crippen LogP contribution in [0.1, 0.15) is 45.8 Å². The number of nitrogens with one attached hydrogen (secondary N) is 1. The topological polar surface area (TPSA) is 29.1 Å². The summed E-state index contributed by atoms with van der Waals surface area (Å²) >= 11 is 3.98. The van der Waals surface area contributed by atoms with Crippen LogP contribution in [-0.4, -0.2) is 15.7 Å². The first-order valence-corrected chi connectivity index (χ1v) is 14.2. The van der Waals surface area contributed by atoms with E-state index in [0.717, 1.165) is 16.4 Å². The Morgan fingerprint density at radius 1 is 0.844 bits per heavy atom. The molecule has 0 amide bonds. The zero-order valence-electron chi connectivity index (χ0n) is 19.2. The molecule has 2 nitrogen and oxygen atoms in total. The summed E-state index contributed by atoms with van der Waals surface area (Å²) in [5.74, 6) is 2.20. The maximum Gasteiger partial charge on any atom is 0.125 e. The minimum absolute atomic E-state index is 0.0957. The summed E-state index contributed by atoms with van der Waals surface area (Å²) in [7, 11) is -1.32. The van der Waals surface area contributed by atoms with Crippen LogP contribution in [0.5, 0.6) is 0 Å². The van der Waals surface area contributed by atoms with E-state index in [0.29, 0.717) is 0 Å². The van der Waals surface area contributed by atoms with Gasteiger partial charge in [-0.3, -0.25) is 0 Å². The van der Waals surface area contributed by atoms with Gasteiger partial charge in [0, 0.05) is 0 Å². The third-order valence-corrected chi connectivity index (χ3v) is 10.8. The maximum atomic E-state index is 13.6. The van der Waals surface area contributed by atoms with Gasteiger partial charge in [-0.15, -0.1) is 23.5 Å². The first-order chi connectivity index (χ1) is 15.4. The molecule has 0 aliphatic carbocycles. The van der Waals surface area contributed by atoms with Gasteiger partial charge in [0.15, 0.2) is 0 Å². The first-order valence-electron chi connectivity index (χ1n) is 11.1. The molecule has 3 aromatic carbocycles. The number of aryl methyl sites for hydroxylation is 4. The van der Waals surface area contributed by atoms with E-state index in [1.807, 2.05) is 47.8 Å². The van der Waals surface area contributed by atoms with Gasteiger partial charge in [-0.2, -0.15) is 0 Å². The van der Waals surface area contributed by atoms with Crippen LogP contribution in [0.25, 0.3) is 0 Å². The SMILES string of the molecule is Cc1ccc([S@](=O)N[C@@H](c2cc(C)c(C)cc2C)C2(c3ccccc3)SCCCS2)cc1. The lowest BCUT2D eigenvalue weighted by Crippen LogP contribution is -2.40. The average Bonchev–Trinajstić information content (AvgIpc) is 2.81. The predicted octanol–water partition coefficient (Wildman–Crippen LogP) is 7.00. The Morgan fingerprint density at radius 3 is 2.12 bits per heavy atom. The average molecular weight is 482 g/mol. The summed E-state index contributed by atoms with van der Waals surface area (Å²) in [4.78, 5) is 0.816. The predicted molar refractivity (Wildman–Crippen MR) is 142 cm³/mol.